The molecule has 104 valence electrons. The Morgan fingerprint density at radius 3 is 3.00 bits per heavy atom. The van der Waals surface area contributed by atoms with E-state index in [0.29, 0.717) is 19.6 Å². The largest absolute Gasteiger partial charge is 0.384 e. The summed E-state index contributed by atoms with van der Waals surface area (Å²) in [6, 6.07) is 4.67. The summed E-state index contributed by atoms with van der Waals surface area (Å²) in [5.41, 5.74) is 0.528. The first-order chi connectivity index (χ1) is 9.07. The van der Waals surface area contributed by atoms with E-state index in [-0.39, 0.29) is 11.6 Å². The zero-order chi connectivity index (χ0) is 13.9. The van der Waals surface area contributed by atoms with E-state index in [4.69, 9.17) is 4.74 Å². The predicted molar refractivity (Wildman–Crippen MR) is 71.6 cm³/mol. The van der Waals surface area contributed by atoms with E-state index in [1.807, 2.05) is 6.92 Å². The van der Waals surface area contributed by atoms with Gasteiger partial charge in [-0.15, -0.1) is 0 Å². The molecule has 0 radical (unpaired) electrons. The fourth-order valence-corrected chi connectivity index (χ4v) is 2.39. The fourth-order valence-electron chi connectivity index (χ4n) is 2.39. The van der Waals surface area contributed by atoms with Crippen LogP contribution in [0.3, 0.4) is 0 Å². The lowest BCUT2D eigenvalue weighted by Gasteiger charge is -2.26. The molecule has 1 saturated heterocycles. The lowest BCUT2D eigenvalue weighted by molar-refractivity contribution is -0.127. The Labute approximate surface area is 112 Å². The van der Waals surface area contributed by atoms with Crippen LogP contribution in [0.1, 0.15) is 12.0 Å². The summed E-state index contributed by atoms with van der Waals surface area (Å²) in [5, 5.41) is 5.84. The van der Waals surface area contributed by atoms with Crippen LogP contribution in [-0.4, -0.2) is 32.7 Å². The zero-order valence-electron chi connectivity index (χ0n) is 11.3. The SMILES string of the molecule is COCC1(C(=O)Nc2cc(C)ccc2F)CCNC1. The molecule has 4 nitrogen and oxygen atoms in total. The van der Waals surface area contributed by atoms with Gasteiger partial charge in [0.05, 0.1) is 17.7 Å². The second-order valence-corrected chi connectivity index (χ2v) is 5.08. The van der Waals surface area contributed by atoms with Crippen molar-refractivity contribution >= 4 is 11.6 Å². The van der Waals surface area contributed by atoms with Crippen molar-refractivity contribution < 1.29 is 13.9 Å². The highest BCUT2D eigenvalue weighted by Gasteiger charge is 2.41. The Bertz CT molecular complexity index is 471. The molecule has 1 amide bonds. The number of anilines is 1. The highest BCUT2D eigenvalue weighted by Crippen LogP contribution is 2.28. The van der Waals surface area contributed by atoms with Crippen LogP contribution in [0.2, 0.25) is 0 Å². The first-order valence-corrected chi connectivity index (χ1v) is 6.35. The molecular formula is C14H19FN2O2. The summed E-state index contributed by atoms with van der Waals surface area (Å²) in [7, 11) is 1.57. The molecule has 0 bridgehead atoms. The zero-order valence-corrected chi connectivity index (χ0v) is 11.3. The van der Waals surface area contributed by atoms with Crippen molar-refractivity contribution in [3.63, 3.8) is 0 Å². The molecule has 2 N–H and O–H groups in total. The van der Waals surface area contributed by atoms with E-state index in [9.17, 15) is 9.18 Å². The van der Waals surface area contributed by atoms with Gasteiger partial charge in [-0.3, -0.25) is 4.79 Å². The molecule has 1 fully saturated rings. The van der Waals surface area contributed by atoms with Crippen molar-refractivity contribution in [2.45, 2.75) is 13.3 Å². The highest BCUT2D eigenvalue weighted by atomic mass is 19.1. The summed E-state index contributed by atoms with van der Waals surface area (Å²) >= 11 is 0. The Morgan fingerprint density at radius 1 is 1.58 bits per heavy atom. The van der Waals surface area contributed by atoms with E-state index in [0.717, 1.165) is 12.1 Å². The topological polar surface area (TPSA) is 50.4 Å². The maximum absolute atomic E-state index is 13.7. The average molecular weight is 266 g/mol. The number of rotatable bonds is 4. The molecular weight excluding hydrogens is 247 g/mol. The molecule has 0 aromatic heterocycles. The van der Waals surface area contributed by atoms with Gasteiger partial charge in [-0.25, -0.2) is 4.39 Å². The summed E-state index contributed by atoms with van der Waals surface area (Å²) < 4.78 is 18.8. The Kier molecular flexibility index (Phi) is 4.17. The van der Waals surface area contributed by atoms with Gasteiger partial charge in [0, 0.05) is 13.7 Å². The molecule has 2 rings (SSSR count). The molecule has 19 heavy (non-hydrogen) atoms. The second-order valence-electron chi connectivity index (χ2n) is 5.08. The third-order valence-corrected chi connectivity index (χ3v) is 3.52. The maximum atomic E-state index is 13.7. The normalized spacial score (nSPS) is 22.5. The summed E-state index contributed by atoms with van der Waals surface area (Å²) in [4.78, 5) is 12.4. The Morgan fingerprint density at radius 2 is 2.37 bits per heavy atom. The quantitative estimate of drug-likeness (QED) is 0.872. The minimum atomic E-state index is -0.606. The van der Waals surface area contributed by atoms with Crippen LogP contribution in [0, 0.1) is 18.2 Å². The van der Waals surface area contributed by atoms with E-state index in [1.165, 1.54) is 6.07 Å². The minimum Gasteiger partial charge on any atom is -0.384 e. The van der Waals surface area contributed by atoms with Crippen molar-refractivity contribution in [1.29, 1.82) is 0 Å². The predicted octanol–water partition coefficient (Wildman–Crippen LogP) is 1.70. The van der Waals surface area contributed by atoms with Gasteiger partial charge in [0.15, 0.2) is 0 Å². The summed E-state index contributed by atoms with van der Waals surface area (Å²) in [6.45, 7) is 3.52. The van der Waals surface area contributed by atoms with Crippen LogP contribution in [0.25, 0.3) is 0 Å². The smallest absolute Gasteiger partial charge is 0.234 e. The third-order valence-electron chi connectivity index (χ3n) is 3.52. The molecule has 1 aromatic rings. The maximum Gasteiger partial charge on any atom is 0.234 e. The number of nitrogens with one attached hydrogen (secondary N) is 2. The number of benzene rings is 1. The average Bonchev–Trinajstić information content (AvgIpc) is 2.84. The molecule has 1 atom stereocenters. The first-order valence-electron chi connectivity index (χ1n) is 6.35. The van der Waals surface area contributed by atoms with Gasteiger partial charge in [-0.05, 0) is 37.6 Å². The minimum absolute atomic E-state index is 0.191. The van der Waals surface area contributed by atoms with Crippen molar-refractivity contribution in [2.75, 3.05) is 32.1 Å². The van der Waals surface area contributed by atoms with Crippen LogP contribution < -0.4 is 10.6 Å². The molecule has 1 heterocycles. The molecule has 0 aliphatic carbocycles. The molecule has 1 aliphatic heterocycles. The van der Waals surface area contributed by atoms with E-state index >= 15 is 0 Å². The first kappa shape index (κ1) is 14.0. The van der Waals surface area contributed by atoms with Gasteiger partial charge in [-0.1, -0.05) is 6.07 Å². The van der Waals surface area contributed by atoms with Crippen molar-refractivity contribution in [2.24, 2.45) is 5.41 Å². The summed E-state index contributed by atoms with van der Waals surface area (Å²) in [5.74, 6) is -0.610. The molecule has 0 spiro atoms. The number of ether oxygens (including phenoxy) is 1. The van der Waals surface area contributed by atoms with Crippen LogP contribution in [0.4, 0.5) is 10.1 Å². The van der Waals surface area contributed by atoms with Crippen LogP contribution in [0.5, 0.6) is 0 Å². The molecule has 1 aromatic carbocycles. The van der Waals surface area contributed by atoms with E-state index in [1.54, 1.807) is 19.2 Å². The molecule has 5 heteroatoms. The van der Waals surface area contributed by atoms with Crippen molar-refractivity contribution in [3.05, 3.63) is 29.6 Å². The Balaban J connectivity index is 2.17. The molecule has 1 aliphatic rings. The number of methoxy groups -OCH3 is 1. The van der Waals surface area contributed by atoms with Gasteiger partial charge in [0.2, 0.25) is 5.91 Å². The number of carbonyl (C=O) groups excluding carboxylic acids is 1. The van der Waals surface area contributed by atoms with Gasteiger partial charge in [-0.2, -0.15) is 0 Å². The van der Waals surface area contributed by atoms with E-state index in [2.05, 4.69) is 10.6 Å². The van der Waals surface area contributed by atoms with Crippen LogP contribution in [0.15, 0.2) is 18.2 Å². The van der Waals surface area contributed by atoms with E-state index < -0.39 is 11.2 Å². The van der Waals surface area contributed by atoms with Gasteiger partial charge >= 0.3 is 0 Å². The van der Waals surface area contributed by atoms with Crippen molar-refractivity contribution in [1.82, 2.24) is 5.32 Å². The van der Waals surface area contributed by atoms with Gasteiger partial charge < -0.3 is 15.4 Å². The van der Waals surface area contributed by atoms with Gasteiger partial charge in [0.25, 0.3) is 0 Å². The van der Waals surface area contributed by atoms with Crippen LogP contribution >= 0.6 is 0 Å². The van der Waals surface area contributed by atoms with Crippen LogP contribution in [-0.2, 0) is 9.53 Å². The molecule has 1 unspecified atom stereocenters. The monoisotopic (exact) mass is 266 g/mol. The Hall–Kier alpha value is -1.46. The number of hydrogen-bond acceptors (Lipinski definition) is 3. The summed E-state index contributed by atoms with van der Waals surface area (Å²) in [6.07, 6.45) is 0.695. The number of hydrogen-bond donors (Lipinski definition) is 2. The number of carbonyl (C=O) groups is 1. The molecule has 0 saturated carbocycles. The number of halogens is 1. The lowest BCUT2D eigenvalue weighted by Crippen LogP contribution is -2.42. The standard InChI is InChI=1S/C14H19FN2O2/c1-10-3-4-11(15)12(7-10)17-13(18)14(9-19-2)5-6-16-8-14/h3-4,7,16H,5-6,8-9H2,1-2H3,(H,17,18). The third kappa shape index (κ3) is 2.93. The highest BCUT2D eigenvalue weighted by molar-refractivity contribution is 5.96. The van der Waals surface area contributed by atoms with Crippen molar-refractivity contribution in [3.8, 4) is 0 Å². The fraction of sp³-hybridized carbons (Fsp3) is 0.500. The number of amides is 1. The van der Waals surface area contributed by atoms with Gasteiger partial charge in [0.1, 0.15) is 5.82 Å². The lowest BCUT2D eigenvalue weighted by atomic mass is 9.87. The number of aryl methyl sites for hydroxylation is 1. The second kappa shape index (κ2) is 5.67.